The second-order valence-corrected chi connectivity index (χ2v) is 5.52. The van der Waals surface area contributed by atoms with Gasteiger partial charge in [0.2, 0.25) is 5.90 Å². The summed E-state index contributed by atoms with van der Waals surface area (Å²) in [6.45, 7) is 4.50. The third kappa shape index (κ3) is 7.48. The molecule has 82 valence electrons. The van der Waals surface area contributed by atoms with Crippen LogP contribution in [0.2, 0.25) is 0 Å². The average Bonchev–Trinajstić information content (AvgIpc) is 2.01. The molecule has 0 aliphatic carbocycles. The molecule has 0 aromatic heterocycles. The van der Waals surface area contributed by atoms with E-state index in [9.17, 15) is 0 Å². The van der Waals surface area contributed by atoms with Gasteiger partial charge in [0.1, 0.15) is 6.61 Å². The molecule has 0 aliphatic rings. The van der Waals surface area contributed by atoms with E-state index in [1.54, 1.807) is 0 Å². The molecule has 0 radical (unpaired) electrons. The van der Waals surface area contributed by atoms with Crippen molar-refractivity contribution in [1.29, 1.82) is 5.41 Å². The zero-order chi connectivity index (χ0) is 11.2. The lowest BCUT2D eigenvalue weighted by Gasteiger charge is -2.11. The molecule has 0 unspecified atom stereocenters. The third-order valence-electron chi connectivity index (χ3n) is 1.36. The first kappa shape index (κ1) is 14.1. The summed E-state index contributed by atoms with van der Waals surface area (Å²) in [5.74, 6) is 0.260. The zero-order valence-electron chi connectivity index (χ0n) is 8.19. The summed E-state index contributed by atoms with van der Waals surface area (Å²) in [5.41, 5.74) is 0. The summed E-state index contributed by atoms with van der Waals surface area (Å²) in [7, 11) is 0. The van der Waals surface area contributed by atoms with Crippen LogP contribution in [0.4, 0.5) is 0 Å². The van der Waals surface area contributed by atoms with Crippen LogP contribution < -0.4 is 0 Å². The molecule has 0 saturated carbocycles. The fourth-order valence-corrected chi connectivity index (χ4v) is 0.813. The van der Waals surface area contributed by atoms with Crippen LogP contribution in [0, 0.1) is 11.3 Å². The predicted octanol–water partition coefficient (Wildman–Crippen LogP) is 3.95. The largest absolute Gasteiger partial charge is 0.474 e. The Morgan fingerprint density at radius 3 is 2.36 bits per heavy atom. The van der Waals surface area contributed by atoms with Crippen LogP contribution >= 0.6 is 34.8 Å². The number of hydrogen-bond donors (Lipinski definition) is 1. The lowest BCUT2D eigenvalue weighted by Crippen LogP contribution is -2.21. The highest BCUT2D eigenvalue weighted by molar-refractivity contribution is 6.76. The molecule has 1 N–H and O–H groups in total. The van der Waals surface area contributed by atoms with E-state index in [1.807, 2.05) is 12.2 Å². The standard InChI is InChI=1S/C9H14Cl3NO/c1-7(2)5-3-4-6-14-8(13)9(10,11)12/h3-4,7,13H,5-6H2,1-2H3. The molecule has 0 rings (SSSR count). The van der Waals surface area contributed by atoms with Gasteiger partial charge in [0.15, 0.2) is 0 Å². The molecule has 0 amide bonds. The summed E-state index contributed by atoms with van der Waals surface area (Å²) in [4.78, 5) is 0. The molecule has 0 atom stereocenters. The van der Waals surface area contributed by atoms with Crippen molar-refractivity contribution in [1.82, 2.24) is 0 Å². The number of ether oxygens (including phenoxy) is 1. The Kier molecular flexibility index (Phi) is 6.58. The number of nitrogens with one attached hydrogen (secondary N) is 1. The van der Waals surface area contributed by atoms with Crippen molar-refractivity contribution in [3.8, 4) is 0 Å². The maximum atomic E-state index is 7.21. The minimum Gasteiger partial charge on any atom is -0.474 e. The van der Waals surface area contributed by atoms with Gasteiger partial charge in [-0.3, -0.25) is 5.41 Å². The molecule has 0 heterocycles. The first-order chi connectivity index (χ1) is 6.34. The van der Waals surface area contributed by atoms with E-state index in [-0.39, 0.29) is 12.5 Å². The lowest BCUT2D eigenvalue weighted by atomic mass is 10.1. The Labute approximate surface area is 99.7 Å². The van der Waals surface area contributed by atoms with Crippen LogP contribution in [-0.2, 0) is 4.74 Å². The Bertz CT molecular complexity index is 209. The van der Waals surface area contributed by atoms with Gasteiger partial charge in [0.25, 0.3) is 3.79 Å². The van der Waals surface area contributed by atoms with Gasteiger partial charge in [-0.25, -0.2) is 0 Å². The summed E-state index contributed by atoms with van der Waals surface area (Å²) >= 11 is 16.2. The van der Waals surface area contributed by atoms with E-state index in [0.717, 1.165) is 6.42 Å². The maximum absolute atomic E-state index is 7.21. The van der Waals surface area contributed by atoms with E-state index in [0.29, 0.717) is 5.92 Å². The molecule has 14 heavy (non-hydrogen) atoms. The Morgan fingerprint density at radius 2 is 1.93 bits per heavy atom. The van der Waals surface area contributed by atoms with E-state index in [1.165, 1.54) is 0 Å². The third-order valence-corrected chi connectivity index (χ3v) is 1.87. The van der Waals surface area contributed by atoms with Crippen molar-refractivity contribution in [2.24, 2.45) is 5.92 Å². The fraction of sp³-hybridized carbons (Fsp3) is 0.667. The number of alkyl halides is 3. The van der Waals surface area contributed by atoms with Crippen LogP contribution in [0.25, 0.3) is 0 Å². The Morgan fingerprint density at radius 1 is 1.36 bits per heavy atom. The molecule has 0 aromatic rings. The highest BCUT2D eigenvalue weighted by Gasteiger charge is 2.28. The summed E-state index contributed by atoms with van der Waals surface area (Å²) in [6.07, 6.45) is 4.77. The molecule has 0 spiro atoms. The van der Waals surface area contributed by atoms with Crippen LogP contribution in [-0.4, -0.2) is 16.3 Å². The molecular formula is C9H14Cl3NO. The van der Waals surface area contributed by atoms with Crippen molar-refractivity contribution in [2.75, 3.05) is 6.61 Å². The Balaban J connectivity index is 3.65. The second kappa shape index (κ2) is 6.54. The second-order valence-electron chi connectivity index (χ2n) is 3.24. The quantitative estimate of drug-likeness (QED) is 0.352. The minimum absolute atomic E-state index is 0.263. The monoisotopic (exact) mass is 257 g/mol. The van der Waals surface area contributed by atoms with Gasteiger partial charge >= 0.3 is 0 Å². The maximum Gasteiger partial charge on any atom is 0.265 e. The average molecular weight is 259 g/mol. The van der Waals surface area contributed by atoms with Crippen molar-refractivity contribution in [3.63, 3.8) is 0 Å². The number of halogens is 3. The SMILES string of the molecule is CC(C)CC=CCOC(=N)C(Cl)(Cl)Cl. The number of hydrogen-bond acceptors (Lipinski definition) is 2. The highest BCUT2D eigenvalue weighted by atomic mass is 35.6. The molecule has 0 fully saturated rings. The Hall–Kier alpha value is 0.0800. The summed E-state index contributed by atoms with van der Waals surface area (Å²) in [6, 6.07) is 0. The van der Waals surface area contributed by atoms with Crippen LogP contribution in [0.1, 0.15) is 20.3 Å². The first-order valence-corrected chi connectivity index (χ1v) is 5.41. The minimum atomic E-state index is -1.76. The van der Waals surface area contributed by atoms with E-state index in [2.05, 4.69) is 13.8 Å². The van der Waals surface area contributed by atoms with Gasteiger partial charge in [0, 0.05) is 0 Å². The van der Waals surface area contributed by atoms with Crippen molar-refractivity contribution < 1.29 is 4.74 Å². The van der Waals surface area contributed by atoms with Crippen molar-refractivity contribution >= 4 is 40.7 Å². The molecular weight excluding hydrogens is 244 g/mol. The number of rotatable bonds is 4. The highest BCUT2D eigenvalue weighted by Crippen LogP contribution is 2.27. The van der Waals surface area contributed by atoms with E-state index in [4.69, 9.17) is 44.9 Å². The van der Waals surface area contributed by atoms with Crippen molar-refractivity contribution in [3.05, 3.63) is 12.2 Å². The molecule has 0 saturated heterocycles. The van der Waals surface area contributed by atoms with E-state index >= 15 is 0 Å². The van der Waals surface area contributed by atoms with Gasteiger partial charge in [-0.05, 0) is 12.3 Å². The zero-order valence-corrected chi connectivity index (χ0v) is 10.5. The molecule has 5 heteroatoms. The lowest BCUT2D eigenvalue weighted by molar-refractivity contribution is 0.339. The van der Waals surface area contributed by atoms with Gasteiger partial charge in [-0.15, -0.1) is 0 Å². The molecule has 2 nitrogen and oxygen atoms in total. The first-order valence-electron chi connectivity index (χ1n) is 4.27. The summed E-state index contributed by atoms with van der Waals surface area (Å²) in [5, 5.41) is 7.21. The summed E-state index contributed by atoms with van der Waals surface area (Å²) < 4.78 is 3.13. The van der Waals surface area contributed by atoms with E-state index < -0.39 is 3.79 Å². The smallest absolute Gasteiger partial charge is 0.265 e. The molecule has 0 bridgehead atoms. The van der Waals surface area contributed by atoms with Crippen molar-refractivity contribution in [2.45, 2.75) is 24.1 Å². The number of allylic oxidation sites excluding steroid dienone is 1. The van der Waals surface area contributed by atoms with Crippen LogP contribution in [0.5, 0.6) is 0 Å². The molecule has 0 aromatic carbocycles. The topological polar surface area (TPSA) is 33.1 Å². The van der Waals surface area contributed by atoms with Crippen LogP contribution in [0.15, 0.2) is 12.2 Å². The van der Waals surface area contributed by atoms with Crippen LogP contribution in [0.3, 0.4) is 0 Å². The normalized spacial score (nSPS) is 12.4. The van der Waals surface area contributed by atoms with Gasteiger partial charge in [-0.1, -0.05) is 60.8 Å². The van der Waals surface area contributed by atoms with Gasteiger partial charge in [-0.2, -0.15) is 0 Å². The van der Waals surface area contributed by atoms with Gasteiger partial charge in [0.05, 0.1) is 0 Å². The van der Waals surface area contributed by atoms with Gasteiger partial charge < -0.3 is 4.74 Å². The predicted molar refractivity (Wildman–Crippen MR) is 62.6 cm³/mol. The fourth-order valence-electron chi connectivity index (χ4n) is 0.650. The molecule has 0 aliphatic heterocycles.